The molecule has 0 amide bonds. The second-order valence-corrected chi connectivity index (χ2v) is 2.16. The zero-order chi connectivity index (χ0) is 6.57. The monoisotopic (exact) mass is 135 g/mol. The van der Waals surface area contributed by atoms with Crippen LogP contribution < -0.4 is 0 Å². The van der Waals surface area contributed by atoms with Crippen LogP contribution in [0.5, 0.6) is 0 Å². The topological polar surface area (TPSA) is 29.5 Å². The lowest BCUT2D eigenvalue weighted by Crippen LogP contribution is -2.16. The van der Waals surface area contributed by atoms with Crippen molar-refractivity contribution in [1.29, 1.82) is 0 Å². The van der Waals surface area contributed by atoms with Crippen LogP contribution in [0.25, 0.3) is 0 Å². The molecule has 0 heterocycles. The Morgan fingerprint density at radius 3 is 2.50 bits per heavy atom. The predicted molar refractivity (Wildman–Crippen MR) is 31.8 cm³/mol. The van der Waals surface area contributed by atoms with Crippen LogP contribution in [0, 0.1) is 7.05 Å². The fourth-order valence-electron chi connectivity index (χ4n) is 0.188. The van der Waals surface area contributed by atoms with Gasteiger partial charge in [-0.2, -0.15) is 9.35 Å². The van der Waals surface area contributed by atoms with E-state index in [4.69, 9.17) is 7.05 Å². The van der Waals surface area contributed by atoms with Gasteiger partial charge in [0, 0.05) is 12.8 Å². The van der Waals surface area contributed by atoms with Gasteiger partial charge in [-0.05, 0) is 0 Å². The summed E-state index contributed by atoms with van der Waals surface area (Å²) < 4.78 is 14.7. The molecule has 2 radical (unpaired) electrons. The largest absolute Gasteiger partial charge is 0.228 e. The number of rotatable bonds is 3. The highest BCUT2D eigenvalue weighted by Crippen LogP contribution is 1.86. The van der Waals surface area contributed by atoms with Crippen molar-refractivity contribution in [3.8, 4) is 0 Å². The number of hydroxylamine groups is 2. The van der Waals surface area contributed by atoms with Gasteiger partial charge in [-0.15, -0.1) is 0 Å². The van der Waals surface area contributed by atoms with Crippen LogP contribution in [0.15, 0.2) is 0 Å². The van der Waals surface area contributed by atoms with E-state index in [1.807, 2.05) is 0 Å². The Kier molecular flexibility index (Phi) is 4.03. The summed E-state index contributed by atoms with van der Waals surface area (Å²) in [5.41, 5.74) is 0. The van der Waals surface area contributed by atoms with Gasteiger partial charge >= 0.3 is 0 Å². The highest BCUT2D eigenvalue weighted by Gasteiger charge is 1.95. The third-order valence-electron chi connectivity index (χ3n) is 0.512. The van der Waals surface area contributed by atoms with Crippen LogP contribution in [-0.2, 0) is 15.4 Å². The minimum Gasteiger partial charge on any atom is -0.228 e. The van der Waals surface area contributed by atoms with E-state index in [-0.39, 0.29) is 0 Å². The first-order valence-corrected chi connectivity index (χ1v) is 3.69. The molecule has 48 valence electrons. The molecule has 0 aliphatic heterocycles. The van der Waals surface area contributed by atoms with Crippen LogP contribution in [0.4, 0.5) is 0 Å². The Hall–Kier alpha value is 0.0700. The Balaban J connectivity index is 3.24. The van der Waals surface area contributed by atoms with Crippen LogP contribution >= 0.6 is 0 Å². The minimum atomic E-state index is -1.29. The van der Waals surface area contributed by atoms with E-state index >= 15 is 0 Å². The van der Waals surface area contributed by atoms with E-state index in [9.17, 15) is 4.21 Å². The zero-order valence-corrected chi connectivity index (χ0v) is 5.77. The smallest absolute Gasteiger partial charge is 0.170 e. The van der Waals surface area contributed by atoms with Crippen LogP contribution in [0.1, 0.15) is 6.92 Å². The lowest BCUT2D eigenvalue weighted by Gasteiger charge is -2.08. The predicted octanol–water partition coefficient (Wildman–Crippen LogP) is 0.202. The Labute approximate surface area is 52.2 Å². The van der Waals surface area contributed by atoms with Crippen molar-refractivity contribution in [2.24, 2.45) is 0 Å². The van der Waals surface area contributed by atoms with Gasteiger partial charge in [-0.25, -0.2) is 4.21 Å². The molecule has 0 bridgehead atoms. The summed E-state index contributed by atoms with van der Waals surface area (Å²) in [6.45, 7) is 2.33. The summed E-state index contributed by atoms with van der Waals surface area (Å²) in [5.74, 6) is 0. The maximum atomic E-state index is 10.2. The normalized spacial score (nSPS) is 14.5. The quantitative estimate of drug-likeness (QED) is 0.409. The third kappa shape index (κ3) is 4.23. The summed E-state index contributed by atoms with van der Waals surface area (Å²) in [7, 11) is 5.09. The lowest BCUT2D eigenvalue weighted by atomic mass is 10.8. The minimum absolute atomic E-state index is 0.527. The van der Waals surface area contributed by atoms with Gasteiger partial charge in [0.15, 0.2) is 11.1 Å². The van der Waals surface area contributed by atoms with Crippen LogP contribution in [0.2, 0.25) is 0 Å². The van der Waals surface area contributed by atoms with E-state index in [0.717, 1.165) is 5.06 Å². The maximum Gasteiger partial charge on any atom is 0.170 e. The summed E-state index contributed by atoms with van der Waals surface area (Å²) in [5, 5.41) is 1.02. The molecule has 0 N–H and O–H groups in total. The fourth-order valence-corrected chi connectivity index (χ4v) is 0.563. The van der Waals surface area contributed by atoms with Gasteiger partial charge in [0.2, 0.25) is 0 Å². The van der Waals surface area contributed by atoms with Crippen LogP contribution in [0.3, 0.4) is 0 Å². The van der Waals surface area contributed by atoms with Crippen molar-refractivity contribution in [1.82, 2.24) is 5.06 Å². The molecule has 0 saturated heterocycles. The van der Waals surface area contributed by atoms with E-state index in [1.165, 1.54) is 6.26 Å². The van der Waals surface area contributed by atoms with Crippen molar-refractivity contribution in [2.45, 2.75) is 6.92 Å². The maximum absolute atomic E-state index is 10.2. The molecule has 0 aliphatic carbocycles. The van der Waals surface area contributed by atoms with Gasteiger partial charge in [0.1, 0.15) is 0 Å². The highest BCUT2D eigenvalue weighted by atomic mass is 32.2. The molecule has 0 aromatic carbocycles. The molecular weight excluding hydrogens is 126 g/mol. The van der Waals surface area contributed by atoms with Gasteiger partial charge < -0.3 is 0 Å². The summed E-state index contributed by atoms with van der Waals surface area (Å²) in [6, 6.07) is 0. The summed E-state index contributed by atoms with van der Waals surface area (Å²) in [4.78, 5) is 0. The van der Waals surface area contributed by atoms with Gasteiger partial charge in [-0.1, -0.05) is 6.92 Å². The lowest BCUT2D eigenvalue weighted by molar-refractivity contribution is 0.0118. The Morgan fingerprint density at radius 2 is 2.38 bits per heavy atom. The number of hydrogen-bond acceptors (Lipinski definition) is 3. The van der Waals surface area contributed by atoms with Crippen molar-refractivity contribution in [3.05, 3.63) is 7.05 Å². The van der Waals surface area contributed by atoms with Crippen molar-refractivity contribution in [2.75, 3.05) is 12.8 Å². The van der Waals surface area contributed by atoms with E-state index < -0.39 is 11.1 Å². The molecule has 4 heteroatoms. The summed E-state index contributed by atoms with van der Waals surface area (Å²) >= 11 is -1.29. The molecule has 3 nitrogen and oxygen atoms in total. The average Bonchev–Trinajstić information content (AvgIpc) is 1.65. The van der Waals surface area contributed by atoms with Gasteiger partial charge in [0.25, 0.3) is 0 Å². The standard InChI is InChI=1S/C4H9NO2S/c1-4-5(2)7-8(3)6/h2H,4H2,1,3H3. The molecule has 0 saturated carbocycles. The molecule has 1 unspecified atom stereocenters. The zero-order valence-electron chi connectivity index (χ0n) is 4.96. The van der Waals surface area contributed by atoms with Crippen molar-refractivity contribution in [3.63, 3.8) is 0 Å². The molecule has 8 heavy (non-hydrogen) atoms. The number of nitrogens with zero attached hydrogens (tertiary/aromatic N) is 1. The Bertz CT molecular complexity index is 86.1. The third-order valence-corrected chi connectivity index (χ3v) is 0.914. The molecule has 0 fully saturated rings. The van der Waals surface area contributed by atoms with E-state index in [2.05, 4.69) is 4.28 Å². The second-order valence-electron chi connectivity index (χ2n) is 1.21. The first-order valence-electron chi connectivity index (χ1n) is 2.21. The molecule has 0 aromatic heterocycles. The molecule has 1 atom stereocenters. The molecule has 0 aromatic rings. The van der Waals surface area contributed by atoms with Crippen molar-refractivity contribution >= 4 is 11.1 Å². The van der Waals surface area contributed by atoms with E-state index in [0.29, 0.717) is 6.54 Å². The molecule has 0 rings (SSSR count). The fraction of sp³-hybridized carbons (Fsp3) is 0.750. The molecule has 0 spiro atoms. The average molecular weight is 135 g/mol. The SMILES string of the molecule is [CH]N(CC)OS(C)=O. The van der Waals surface area contributed by atoms with E-state index in [1.54, 1.807) is 6.92 Å². The first kappa shape index (κ1) is 8.07. The van der Waals surface area contributed by atoms with Gasteiger partial charge in [0.05, 0.1) is 7.05 Å². The van der Waals surface area contributed by atoms with Gasteiger partial charge in [-0.3, -0.25) is 0 Å². The highest BCUT2D eigenvalue weighted by molar-refractivity contribution is 7.79. The molecule has 0 aliphatic rings. The van der Waals surface area contributed by atoms with Crippen molar-refractivity contribution < 1.29 is 8.49 Å². The molecular formula is C4H9NO2S. The number of hydrogen-bond donors (Lipinski definition) is 0. The second kappa shape index (κ2) is 4.00. The summed E-state index contributed by atoms with van der Waals surface area (Å²) in [6.07, 6.45) is 1.41. The first-order chi connectivity index (χ1) is 3.66. The van der Waals surface area contributed by atoms with Crippen LogP contribution in [-0.4, -0.2) is 22.1 Å². The Morgan fingerprint density at radius 1 is 1.88 bits per heavy atom.